The Morgan fingerprint density at radius 2 is 2.39 bits per heavy atom. The van der Waals surface area contributed by atoms with Gasteiger partial charge in [-0.2, -0.15) is 0 Å². The van der Waals surface area contributed by atoms with E-state index in [9.17, 15) is 4.79 Å². The Labute approximate surface area is 114 Å². The highest BCUT2D eigenvalue weighted by Gasteiger charge is 2.10. The highest BCUT2D eigenvalue weighted by Crippen LogP contribution is 2.16. The van der Waals surface area contributed by atoms with Crippen molar-refractivity contribution in [1.82, 2.24) is 19.9 Å². The molecule has 0 aromatic carbocycles. The highest BCUT2D eigenvalue weighted by molar-refractivity contribution is 7.71. The predicted octanol–water partition coefficient (Wildman–Crippen LogP) is 2.27. The standard InChI is InChI=1S/C11H13ClN4OS/c1-6(2)14-9(17)5-16-10-8(15-11(16)18)3-7(12)4-13-10/h3-4,6H,5H2,1-2H3,(H,14,17)(H,15,18). The molecule has 0 aliphatic rings. The second kappa shape index (κ2) is 5.07. The first-order chi connectivity index (χ1) is 8.47. The van der Waals surface area contributed by atoms with E-state index < -0.39 is 0 Å². The van der Waals surface area contributed by atoms with Crippen molar-refractivity contribution in [1.29, 1.82) is 0 Å². The van der Waals surface area contributed by atoms with Gasteiger partial charge < -0.3 is 10.3 Å². The summed E-state index contributed by atoms with van der Waals surface area (Å²) in [6.07, 6.45) is 1.53. The molecule has 1 amide bonds. The molecule has 0 radical (unpaired) electrons. The van der Waals surface area contributed by atoms with E-state index in [4.69, 9.17) is 23.8 Å². The third kappa shape index (κ3) is 2.70. The summed E-state index contributed by atoms with van der Waals surface area (Å²) >= 11 is 11.0. The number of nitrogens with one attached hydrogen (secondary N) is 2. The molecule has 0 aliphatic carbocycles. The Balaban J connectivity index is 2.36. The Morgan fingerprint density at radius 1 is 1.67 bits per heavy atom. The first-order valence-corrected chi connectivity index (χ1v) is 6.29. The van der Waals surface area contributed by atoms with Gasteiger partial charge in [0.05, 0.1) is 10.5 Å². The van der Waals surface area contributed by atoms with E-state index in [-0.39, 0.29) is 18.5 Å². The fourth-order valence-corrected chi connectivity index (χ4v) is 2.09. The molecule has 7 heteroatoms. The molecule has 0 aliphatic heterocycles. The van der Waals surface area contributed by atoms with Crippen molar-refractivity contribution in [2.75, 3.05) is 0 Å². The molecule has 2 heterocycles. The second-order valence-electron chi connectivity index (χ2n) is 4.26. The molecule has 0 saturated heterocycles. The molecule has 0 unspecified atom stereocenters. The summed E-state index contributed by atoms with van der Waals surface area (Å²) in [7, 11) is 0. The molecule has 5 nitrogen and oxygen atoms in total. The van der Waals surface area contributed by atoms with Crippen LogP contribution in [0.25, 0.3) is 11.2 Å². The minimum atomic E-state index is -0.0984. The Kier molecular flexibility index (Phi) is 3.68. The van der Waals surface area contributed by atoms with Crippen LogP contribution in [0.2, 0.25) is 5.02 Å². The highest BCUT2D eigenvalue weighted by atomic mass is 35.5. The molecule has 0 spiro atoms. The van der Waals surface area contributed by atoms with Crippen molar-refractivity contribution in [2.24, 2.45) is 0 Å². The lowest BCUT2D eigenvalue weighted by Crippen LogP contribution is -2.33. The van der Waals surface area contributed by atoms with Crippen molar-refractivity contribution in [3.05, 3.63) is 22.1 Å². The SMILES string of the molecule is CC(C)NC(=O)Cn1c(=S)[nH]c2cc(Cl)cnc21. The van der Waals surface area contributed by atoms with Crippen LogP contribution in [0, 0.1) is 4.77 Å². The Morgan fingerprint density at radius 3 is 3.06 bits per heavy atom. The van der Waals surface area contributed by atoms with Gasteiger partial charge in [-0.3, -0.25) is 9.36 Å². The number of hydrogen-bond donors (Lipinski definition) is 2. The summed E-state index contributed by atoms with van der Waals surface area (Å²) in [5.41, 5.74) is 1.35. The number of imidazole rings is 1. The lowest BCUT2D eigenvalue weighted by Gasteiger charge is -2.08. The molecule has 2 aromatic rings. The molecule has 2 N–H and O–H groups in total. The quantitative estimate of drug-likeness (QED) is 0.850. The number of aromatic amines is 1. The van der Waals surface area contributed by atoms with Crippen LogP contribution in [0.3, 0.4) is 0 Å². The number of rotatable bonds is 3. The summed E-state index contributed by atoms with van der Waals surface area (Å²) < 4.78 is 2.11. The van der Waals surface area contributed by atoms with Crippen LogP contribution in [0.1, 0.15) is 13.8 Å². The first-order valence-electron chi connectivity index (χ1n) is 5.51. The van der Waals surface area contributed by atoms with E-state index in [2.05, 4.69) is 15.3 Å². The zero-order valence-corrected chi connectivity index (χ0v) is 11.6. The molecule has 0 saturated carbocycles. The van der Waals surface area contributed by atoms with Gasteiger partial charge in [0.1, 0.15) is 6.54 Å². The average Bonchev–Trinajstić information content (AvgIpc) is 2.53. The van der Waals surface area contributed by atoms with E-state index in [0.717, 1.165) is 5.52 Å². The van der Waals surface area contributed by atoms with Crippen LogP contribution in [0.4, 0.5) is 0 Å². The van der Waals surface area contributed by atoms with Crippen molar-refractivity contribution in [3.63, 3.8) is 0 Å². The van der Waals surface area contributed by atoms with Gasteiger partial charge in [0.2, 0.25) is 5.91 Å². The summed E-state index contributed by atoms with van der Waals surface area (Å²) in [5.74, 6) is -0.0984. The summed E-state index contributed by atoms with van der Waals surface area (Å²) in [5, 5.41) is 3.34. The zero-order valence-electron chi connectivity index (χ0n) is 10.0. The molecule has 2 rings (SSSR count). The molecular weight excluding hydrogens is 272 g/mol. The topological polar surface area (TPSA) is 62.7 Å². The largest absolute Gasteiger partial charge is 0.352 e. The number of carbonyl (C=O) groups excluding carboxylic acids is 1. The van der Waals surface area contributed by atoms with Crippen molar-refractivity contribution in [2.45, 2.75) is 26.4 Å². The fraction of sp³-hybridized carbons (Fsp3) is 0.364. The zero-order chi connectivity index (χ0) is 13.3. The molecule has 0 bridgehead atoms. The Bertz CT molecular complexity index is 646. The van der Waals surface area contributed by atoms with Crippen LogP contribution in [0.5, 0.6) is 0 Å². The number of aromatic nitrogens is 3. The van der Waals surface area contributed by atoms with Gasteiger partial charge in [0, 0.05) is 12.2 Å². The van der Waals surface area contributed by atoms with Gasteiger partial charge in [-0.15, -0.1) is 0 Å². The lowest BCUT2D eigenvalue weighted by atomic mass is 10.4. The van der Waals surface area contributed by atoms with E-state index in [1.54, 1.807) is 10.6 Å². The number of carbonyl (C=O) groups is 1. The van der Waals surface area contributed by atoms with Crippen molar-refractivity contribution < 1.29 is 4.79 Å². The summed E-state index contributed by atoms with van der Waals surface area (Å²) in [6.45, 7) is 3.96. The van der Waals surface area contributed by atoms with Crippen LogP contribution < -0.4 is 5.32 Å². The van der Waals surface area contributed by atoms with E-state index in [1.807, 2.05) is 13.8 Å². The van der Waals surface area contributed by atoms with Gasteiger partial charge >= 0.3 is 0 Å². The van der Waals surface area contributed by atoms with E-state index in [1.165, 1.54) is 6.20 Å². The summed E-state index contributed by atoms with van der Waals surface area (Å²) in [6, 6.07) is 1.83. The maximum absolute atomic E-state index is 11.7. The molecule has 0 atom stereocenters. The maximum atomic E-state index is 11.7. The second-order valence-corrected chi connectivity index (χ2v) is 5.09. The van der Waals surface area contributed by atoms with Gasteiger partial charge in [0.25, 0.3) is 0 Å². The molecule has 18 heavy (non-hydrogen) atoms. The number of H-pyrrole nitrogens is 1. The third-order valence-electron chi connectivity index (χ3n) is 2.33. The number of fused-ring (bicyclic) bond motifs is 1. The molecule has 2 aromatic heterocycles. The number of pyridine rings is 1. The smallest absolute Gasteiger partial charge is 0.240 e. The van der Waals surface area contributed by atoms with Gasteiger partial charge in [-0.25, -0.2) is 4.98 Å². The van der Waals surface area contributed by atoms with E-state index >= 15 is 0 Å². The molecular formula is C11H13ClN4OS. The number of nitrogens with zero attached hydrogens (tertiary/aromatic N) is 2. The van der Waals surface area contributed by atoms with Crippen LogP contribution >= 0.6 is 23.8 Å². The van der Waals surface area contributed by atoms with Crippen LogP contribution in [-0.2, 0) is 11.3 Å². The van der Waals surface area contributed by atoms with Crippen molar-refractivity contribution in [3.8, 4) is 0 Å². The number of amides is 1. The van der Waals surface area contributed by atoms with Crippen LogP contribution in [-0.4, -0.2) is 26.5 Å². The fourth-order valence-electron chi connectivity index (χ4n) is 1.68. The number of hydrogen-bond acceptors (Lipinski definition) is 3. The van der Waals surface area contributed by atoms with Gasteiger partial charge in [-0.05, 0) is 32.1 Å². The minimum absolute atomic E-state index is 0.0966. The van der Waals surface area contributed by atoms with Crippen LogP contribution in [0.15, 0.2) is 12.3 Å². The summed E-state index contributed by atoms with van der Waals surface area (Å²) in [4.78, 5) is 18.9. The predicted molar refractivity (Wildman–Crippen MR) is 73.2 cm³/mol. The van der Waals surface area contributed by atoms with Gasteiger partial charge in [0.15, 0.2) is 10.4 Å². The van der Waals surface area contributed by atoms with E-state index in [0.29, 0.717) is 15.4 Å². The Hall–Kier alpha value is -1.40. The van der Waals surface area contributed by atoms with Crippen molar-refractivity contribution >= 4 is 40.9 Å². The lowest BCUT2D eigenvalue weighted by molar-refractivity contribution is -0.122. The molecule has 0 fully saturated rings. The maximum Gasteiger partial charge on any atom is 0.240 e. The number of halogens is 1. The normalized spacial score (nSPS) is 11.1. The average molecular weight is 285 g/mol. The molecule has 96 valence electrons. The minimum Gasteiger partial charge on any atom is -0.352 e. The monoisotopic (exact) mass is 284 g/mol. The first kappa shape index (κ1) is 13.0. The van der Waals surface area contributed by atoms with Gasteiger partial charge in [-0.1, -0.05) is 11.6 Å². The third-order valence-corrected chi connectivity index (χ3v) is 2.86.